The van der Waals surface area contributed by atoms with Gasteiger partial charge in [-0.05, 0) is 55.5 Å². The number of amidine groups is 1. The zero-order valence-electron chi connectivity index (χ0n) is 20.6. The minimum atomic E-state index is -0.191. The van der Waals surface area contributed by atoms with E-state index < -0.39 is 0 Å². The predicted molar refractivity (Wildman–Crippen MR) is 141 cm³/mol. The number of rotatable bonds is 8. The fourth-order valence-corrected chi connectivity index (χ4v) is 5.36. The van der Waals surface area contributed by atoms with Crippen molar-refractivity contribution in [3.63, 3.8) is 0 Å². The highest BCUT2D eigenvalue weighted by atomic mass is 35.5. The summed E-state index contributed by atoms with van der Waals surface area (Å²) in [6.45, 7) is 1.51. The average molecular weight is 511 g/mol. The van der Waals surface area contributed by atoms with Crippen molar-refractivity contribution >= 4 is 17.4 Å². The molecule has 2 aromatic carbocycles. The Hall–Kier alpha value is -3.03. The van der Waals surface area contributed by atoms with Gasteiger partial charge in [0.1, 0.15) is 23.2 Å². The standard InChI is InChI=1S/C28H32ClFN4O2/c1-35-26-15-27(36-2)24(29)14-23(26)25-17-34-12-11-22(13-28(34)33-25)32-21-9-7-20(8-10-21)31-16-18-3-5-19(30)6-4-18/h3-6,11-15,20-21,25,31-32H,7-10,16-17H2,1-2H3. The Morgan fingerprint density at radius 3 is 2.47 bits per heavy atom. The highest BCUT2D eigenvalue weighted by molar-refractivity contribution is 6.32. The Morgan fingerprint density at radius 2 is 1.75 bits per heavy atom. The van der Waals surface area contributed by atoms with E-state index in [2.05, 4.69) is 33.9 Å². The molecule has 0 aromatic heterocycles. The molecule has 1 fully saturated rings. The van der Waals surface area contributed by atoms with E-state index in [1.54, 1.807) is 14.2 Å². The molecule has 0 radical (unpaired) electrons. The number of fused-ring (bicyclic) bond motifs is 1. The van der Waals surface area contributed by atoms with Gasteiger partial charge in [-0.3, -0.25) is 4.99 Å². The quantitative estimate of drug-likeness (QED) is 0.501. The molecule has 2 heterocycles. The van der Waals surface area contributed by atoms with E-state index in [-0.39, 0.29) is 11.9 Å². The van der Waals surface area contributed by atoms with E-state index in [1.807, 2.05) is 24.3 Å². The van der Waals surface area contributed by atoms with Crippen LogP contribution in [0, 0.1) is 5.82 Å². The molecule has 8 heteroatoms. The molecule has 1 atom stereocenters. The first-order valence-corrected chi connectivity index (χ1v) is 12.8. The van der Waals surface area contributed by atoms with Crippen LogP contribution in [0.25, 0.3) is 0 Å². The number of halogens is 2. The average Bonchev–Trinajstić information content (AvgIpc) is 3.32. The monoisotopic (exact) mass is 510 g/mol. The van der Waals surface area contributed by atoms with Crippen LogP contribution < -0.4 is 20.1 Å². The van der Waals surface area contributed by atoms with Crippen LogP contribution in [-0.4, -0.2) is 43.6 Å². The number of hydrogen-bond acceptors (Lipinski definition) is 6. The molecule has 1 unspecified atom stereocenters. The molecular weight excluding hydrogens is 479 g/mol. The number of aliphatic imine (C=N–C) groups is 1. The van der Waals surface area contributed by atoms with Crippen molar-refractivity contribution in [3.8, 4) is 11.5 Å². The third-order valence-electron chi connectivity index (χ3n) is 7.14. The number of nitrogens with zero attached hydrogens (tertiary/aromatic N) is 2. The van der Waals surface area contributed by atoms with Crippen molar-refractivity contribution in [2.75, 3.05) is 20.8 Å². The molecule has 0 saturated heterocycles. The van der Waals surface area contributed by atoms with E-state index in [9.17, 15) is 4.39 Å². The number of benzene rings is 2. The summed E-state index contributed by atoms with van der Waals surface area (Å²) in [6, 6.07) is 11.3. The van der Waals surface area contributed by atoms with Crippen molar-refractivity contribution in [2.24, 2.45) is 4.99 Å². The van der Waals surface area contributed by atoms with Crippen molar-refractivity contribution in [3.05, 3.63) is 82.4 Å². The van der Waals surface area contributed by atoms with Crippen LogP contribution in [0.15, 0.2) is 65.4 Å². The van der Waals surface area contributed by atoms with Crippen molar-refractivity contribution < 1.29 is 13.9 Å². The van der Waals surface area contributed by atoms with Gasteiger partial charge >= 0.3 is 0 Å². The zero-order chi connectivity index (χ0) is 25.1. The molecule has 0 amide bonds. The van der Waals surface area contributed by atoms with Gasteiger partial charge < -0.3 is 25.0 Å². The summed E-state index contributed by atoms with van der Waals surface area (Å²) in [5.41, 5.74) is 3.16. The van der Waals surface area contributed by atoms with Crippen LogP contribution in [0.3, 0.4) is 0 Å². The summed E-state index contributed by atoms with van der Waals surface area (Å²) in [7, 11) is 3.24. The van der Waals surface area contributed by atoms with Gasteiger partial charge in [0.15, 0.2) is 0 Å². The lowest BCUT2D eigenvalue weighted by molar-refractivity contribution is 0.319. The third kappa shape index (κ3) is 5.52. The molecule has 3 aliphatic rings. The molecular formula is C28H32ClFN4O2. The van der Waals surface area contributed by atoms with Crippen LogP contribution in [0.2, 0.25) is 5.02 Å². The van der Waals surface area contributed by atoms with Crippen LogP contribution in [0.4, 0.5) is 4.39 Å². The maximum Gasteiger partial charge on any atom is 0.141 e. The minimum absolute atomic E-state index is 0.0683. The highest BCUT2D eigenvalue weighted by Gasteiger charge is 2.29. The van der Waals surface area contributed by atoms with Gasteiger partial charge in [-0.1, -0.05) is 23.7 Å². The van der Waals surface area contributed by atoms with Crippen LogP contribution in [0.5, 0.6) is 11.5 Å². The Morgan fingerprint density at radius 1 is 1.03 bits per heavy atom. The molecule has 1 saturated carbocycles. The summed E-state index contributed by atoms with van der Waals surface area (Å²) in [5, 5.41) is 7.88. The molecule has 6 nitrogen and oxygen atoms in total. The van der Waals surface area contributed by atoms with Crippen molar-refractivity contribution in [1.82, 2.24) is 15.5 Å². The molecule has 2 aromatic rings. The molecule has 2 N–H and O–H groups in total. The summed E-state index contributed by atoms with van der Waals surface area (Å²) in [6.07, 6.45) is 10.8. The summed E-state index contributed by atoms with van der Waals surface area (Å²) < 4.78 is 24.0. The normalized spacial score (nSPS) is 23.1. The fourth-order valence-electron chi connectivity index (χ4n) is 5.11. The van der Waals surface area contributed by atoms with E-state index in [1.165, 1.54) is 12.1 Å². The van der Waals surface area contributed by atoms with E-state index in [4.69, 9.17) is 26.1 Å². The lowest BCUT2D eigenvalue weighted by Gasteiger charge is -2.31. The maximum atomic E-state index is 13.1. The van der Waals surface area contributed by atoms with E-state index >= 15 is 0 Å². The molecule has 190 valence electrons. The van der Waals surface area contributed by atoms with Gasteiger partial charge in [-0.15, -0.1) is 0 Å². The molecule has 5 rings (SSSR count). The molecule has 36 heavy (non-hydrogen) atoms. The van der Waals surface area contributed by atoms with E-state index in [0.29, 0.717) is 22.9 Å². The summed E-state index contributed by atoms with van der Waals surface area (Å²) in [5.74, 6) is 2.06. The maximum absolute atomic E-state index is 13.1. The lowest BCUT2D eigenvalue weighted by Crippen LogP contribution is -2.40. The smallest absolute Gasteiger partial charge is 0.141 e. The Balaban J connectivity index is 1.17. The van der Waals surface area contributed by atoms with E-state index in [0.717, 1.165) is 67.2 Å². The zero-order valence-corrected chi connectivity index (χ0v) is 21.4. The first-order chi connectivity index (χ1) is 17.5. The number of methoxy groups -OCH3 is 2. The van der Waals surface area contributed by atoms with Gasteiger partial charge in [0.25, 0.3) is 0 Å². The van der Waals surface area contributed by atoms with Gasteiger partial charge in [0.05, 0.1) is 31.8 Å². The lowest BCUT2D eigenvalue weighted by atomic mass is 9.90. The number of hydrogen-bond donors (Lipinski definition) is 2. The Bertz CT molecular complexity index is 1170. The topological polar surface area (TPSA) is 58.1 Å². The second-order valence-corrected chi connectivity index (χ2v) is 9.91. The number of allylic oxidation sites excluding steroid dienone is 1. The summed E-state index contributed by atoms with van der Waals surface area (Å²) in [4.78, 5) is 7.12. The SMILES string of the molecule is COc1cc(OC)c(C2CN3C=CC(NC4CCC(NCc5ccc(F)cc5)CC4)=CC3=N2)cc1Cl. The minimum Gasteiger partial charge on any atom is -0.496 e. The number of ether oxygens (including phenoxy) is 2. The van der Waals surface area contributed by atoms with Crippen molar-refractivity contribution in [1.29, 1.82) is 0 Å². The molecule has 2 aliphatic heterocycles. The molecule has 0 spiro atoms. The first kappa shape index (κ1) is 24.7. The highest BCUT2D eigenvalue weighted by Crippen LogP contribution is 2.39. The Kier molecular flexibility index (Phi) is 7.48. The second kappa shape index (κ2) is 10.9. The largest absolute Gasteiger partial charge is 0.496 e. The van der Waals surface area contributed by atoms with Gasteiger partial charge in [0.2, 0.25) is 0 Å². The first-order valence-electron chi connectivity index (χ1n) is 12.4. The summed E-state index contributed by atoms with van der Waals surface area (Å²) >= 11 is 6.39. The van der Waals surface area contributed by atoms with Crippen LogP contribution >= 0.6 is 11.6 Å². The number of nitrogens with one attached hydrogen (secondary N) is 2. The van der Waals surface area contributed by atoms with Gasteiger partial charge in [-0.25, -0.2) is 4.39 Å². The van der Waals surface area contributed by atoms with Crippen LogP contribution in [-0.2, 0) is 6.54 Å². The second-order valence-electron chi connectivity index (χ2n) is 9.50. The predicted octanol–water partition coefficient (Wildman–Crippen LogP) is 5.35. The molecule has 0 bridgehead atoms. The van der Waals surface area contributed by atoms with Crippen LogP contribution in [0.1, 0.15) is 42.9 Å². The van der Waals surface area contributed by atoms with Crippen molar-refractivity contribution in [2.45, 2.75) is 50.4 Å². The van der Waals surface area contributed by atoms with Gasteiger partial charge in [0, 0.05) is 48.2 Å². The third-order valence-corrected chi connectivity index (χ3v) is 7.44. The fraction of sp³-hybridized carbons (Fsp3) is 0.393. The van der Waals surface area contributed by atoms with Gasteiger partial charge in [-0.2, -0.15) is 0 Å². The Labute approximate surface area is 216 Å². The molecule has 1 aliphatic carbocycles.